The molecule has 1 atom stereocenters. The summed E-state index contributed by atoms with van der Waals surface area (Å²) < 4.78 is 1.35. The number of likely N-dealkylation sites (N-methyl/N-ethyl adjacent to an activating group) is 2. The third-order valence-corrected chi connectivity index (χ3v) is 5.96. The predicted molar refractivity (Wildman–Crippen MR) is 121 cm³/mol. The van der Waals surface area contributed by atoms with Gasteiger partial charge in [0.15, 0.2) is 5.69 Å². The van der Waals surface area contributed by atoms with Crippen molar-refractivity contribution in [2.45, 2.75) is 38.9 Å². The molecule has 0 aliphatic carbocycles. The number of benzene rings is 1. The number of aromatic nitrogens is 2. The maximum Gasteiger partial charge on any atom is 0.296 e. The number of nitrogens with one attached hydrogen (secondary N) is 1. The van der Waals surface area contributed by atoms with E-state index in [0.717, 1.165) is 11.1 Å². The first-order valence-electron chi connectivity index (χ1n) is 10.4. The average Bonchev–Trinajstić information content (AvgIpc) is 2.75. The van der Waals surface area contributed by atoms with Gasteiger partial charge >= 0.3 is 0 Å². The third kappa shape index (κ3) is 4.94. The number of fused-ring (bicyclic) bond motifs is 1. The molecule has 0 spiro atoms. The minimum absolute atomic E-state index is 0.127. The summed E-state index contributed by atoms with van der Waals surface area (Å²) >= 11 is 6.13. The molecule has 2 amide bonds. The second kappa shape index (κ2) is 9.70. The van der Waals surface area contributed by atoms with Gasteiger partial charge < -0.3 is 20.2 Å². The molecule has 0 saturated carbocycles. The zero-order valence-electron chi connectivity index (χ0n) is 18.7. The lowest BCUT2D eigenvalue weighted by atomic mass is 10.0. The quantitative estimate of drug-likeness (QED) is 0.677. The molecule has 0 saturated heterocycles. The van der Waals surface area contributed by atoms with Crippen LogP contribution in [0, 0.1) is 6.92 Å². The lowest BCUT2D eigenvalue weighted by molar-refractivity contribution is -0.133. The monoisotopic (exact) mass is 461 g/mol. The van der Waals surface area contributed by atoms with Crippen LogP contribution < -0.4 is 10.9 Å². The van der Waals surface area contributed by atoms with Gasteiger partial charge in [-0.15, -0.1) is 0 Å². The number of aromatic hydroxyl groups is 1. The van der Waals surface area contributed by atoms with E-state index in [1.165, 1.54) is 4.57 Å². The summed E-state index contributed by atoms with van der Waals surface area (Å²) in [6.45, 7) is 2.61. The number of hydrogen-bond donors (Lipinski definition) is 2. The van der Waals surface area contributed by atoms with Crippen LogP contribution >= 0.6 is 11.6 Å². The fourth-order valence-corrected chi connectivity index (χ4v) is 3.90. The van der Waals surface area contributed by atoms with Crippen molar-refractivity contribution in [1.82, 2.24) is 24.7 Å². The molecule has 3 rings (SSSR count). The second-order valence-corrected chi connectivity index (χ2v) is 8.70. The van der Waals surface area contributed by atoms with Crippen LogP contribution in [0.25, 0.3) is 0 Å². The smallest absolute Gasteiger partial charge is 0.296 e. The van der Waals surface area contributed by atoms with Crippen LogP contribution in [0.4, 0.5) is 0 Å². The summed E-state index contributed by atoms with van der Waals surface area (Å²) in [6, 6.07) is 4.95. The van der Waals surface area contributed by atoms with E-state index in [4.69, 9.17) is 11.6 Å². The fraction of sp³-hybridized carbons (Fsp3) is 0.455. The lowest BCUT2D eigenvalue weighted by Crippen LogP contribution is -2.43. The summed E-state index contributed by atoms with van der Waals surface area (Å²) in [6.07, 6.45) is 1.26. The number of nitrogens with zero attached hydrogens (tertiary/aromatic N) is 4. The Bertz CT molecular complexity index is 1100. The van der Waals surface area contributed by atoms with Gasteiger partial charge in [0.1, 0.15) is 5.82 Å². The molecule has 1 unspecified atom stereocenters. The summed E-state index contributed by atoms with van der Waals surface area (Å²) in [5, 5.41) is 13.6. The number of amides is 2. The van der Waals surface area contributed by atoms with E-state index >= 15 is 0 Å². The number of carbonyl (C=O) groups excluding carboxylic acids is 2. The maximum atomic E-state index is 12.8. The Balaban J connectivity index is 1.88. The largest absolute Gasteiger partial charge is 0.501 e. The second-order valence-electron chi connectivity index (χ2n) is 8.29. The predicted octanol–water partition coefficient (Wildman–Crippen LogP) is 1.70. The first-order valence-corrected chi connectivity index (χ1v) is 10.7. The molecule has 0 fully saturated rings. The summed E-state index contributed by atoms with van der Waals surface area (Å²) in [7, 11) is 5.25. The zero-order valence-corrected chi connectivity index (χ0v) is 19.4. The van der Waals surface area contributed by atoms with Crippen molar-refractivity contribution in [1.29, 1.82) is 0 Å². The Morgan fingerprint density at radius 2 is 2.03 bits per heavy atom. The lowest BCUT2D eigenvalue weighted by Gasteiger charge is -2.33. The highest BCUT2D eigenvalue weighted by Gasteiger charge is 2.32. The third-order valence-electron chi connectivity index (χ3n) is 5.55. The number of hydrogen-bond acceptors (Lipinski definition) is 6. The van der Waals surface area contributed by atoms with Crippen molar-refractivity contribution in [3.8, 4) is 5.75 Å². The minimum Gasteiger partial charge on any atom is -0.501 e. The molecular formula is C22H28ClN5O4. The molecule has 1 aromatic carbocycles. The fourth-order valence-electron chi connectivity index (χ4n) is 3.70. The molecule has 1 aliphatic heterocycles. The highest BCUT2D eigenvalue weighted by atomic mass is 35.5. The van der Waals surface area contributed by atoms with Gasteiger partial charge in [-0.3, -0.25) is 19.0 Å². The number of rotatable bonds is 6. The highest BCUT2D eigenvalue weighted by molar-refractivity contribution is 6.31. The summed E-state index contributed by atoms with van der Waals surface area (Å²) in [4.78, 5) is 45.8. The molecule has 1 aromatic heterocycles. The molecule has 2 heterocycles. The molecule has 2 N–H and O–H groups in total. The van der Waals surface area contributed by atoms with Gasteiger partial charge in [0, 0.05) is 25.2 Å². The van der Waals surface area contributed by atoms with E-state index in [1.54, 1.807) is 37.0 Å². The van der Waals surface area contributed by atoms with Gasteiger partial charge in [-0.25, -0.2) is 4.98 Å². The number of halogens is 1. The van der Waals surface area contributed by atoms with Gasteiger partial charge in [0.05, 0.1) is 12.6 Å². The van der Waals surface area contributed by atoms with Crippen molar-refractivity contribution in [2.75, 3.05) is 27.7 Å². The first-order chi connectivity index (χ1) is 15.1. The maximum absolute atomic E-state index is 12.8. The molecule has 10 heteroatoms. The first kappa shape index (κ1) is 23.7. The van der Waals surface area contributed by atoms with Crippen LogP contribution in [-0.4, -0.2) is 64.0 Å². The van der Waals surface area contributed by atoms with Gasteiger partial charge in [-0.1, -0.05) is 23.7 Å². The number of carbonyl (C=O) groups is 2. The van der Waals surface area contributed by atoms with E-state index in [9.17, 15) is 19.5 Å². The van der Waals surface area contributed by atoms with Crippen LogP contribution in [0.15, 0.2) is 23.0 Å². The van der Waals surface area contributed by atoms with Crippen LogP contribution in [0.2, 0.25) is 5.02 Å². The van der Waals surface area contributed by atoms with Crippen LogP contribution in [-0.2, 0) is 17.9 Å². The normalized spacial score (nSPS) is 15.4. The molecule has 0 bridgehead atoms. The summed E-state index contributed by atoms with van der Waals surface area (Å²) in [5.74, 6) is -1.20. The Morgan fingerprint density at radius 3 is 2.69 bits per heavy atom. The van der Waals surface area contributed by atoms with Gasteiger partial charge in [0.25, 0.3) is 11.5 Å². The van der Waals surface area contributed by atoms with Crippen molar-refractivity contribution in [3.05, 3.63) is 56.2 Å². The standard InChI is InChI=1S/C22H28ClN5O4/c1-13-7-8-14(10-15(13)23)11-24-21(31)18-19(30)22(32)28-9-5-6-16(20(28)25-18)27(4)17(29)12-26(2)3/h7-8,10,16,30H,5-6,9,11-12H2,1-4H3,(H,24,31). The van der Waals surface area contributed by atoms with E-state index in [0.29, 0.717) is 30.2 Å². The Morgan fingerprint density at radius 1 is 1.31 bits per heavy atom. The van der Waals surface area contributed by atoms with E-state index in [-0.39, 0.29) is 24.7 Å². The number of aryl methyl sites for hydroxylation is 1. The Kier molecular flexibility index (Phi) is 7.20. The minimum atomic E-state index is -0.698. The van der Waals surface area contributed by atoms with Gasteiger partial charge in [0.2, 0.25) is 11.7 Å². The van der Waals surface area contributed by atoms with Crippen molar-refractivity contribution in [3.63, 3.8) is 0 Å². The molecule has 2 aromatic rings. The average molecular weight is 462 g/mol. The zero-order chi connectivity index (χ0) is 23.6. The highest BCUT2D eigenvalue weighted by Crippen LogP contribution is 2.29. The molecular weight excluding hydrogens is 434 g/mol. The van der Waals surface area contributed by atoms with E-state index < -0.39 is 23.3 Å². The van der Waals surface area contributed by atoms with Gasteiger partial charge in [-0.05, 0) is 51.1 Å². The van der Waals surface area contributed by atoms with E-state index in [2.05, 4.69) is 10.3 Å². The molecule has 0 radical (unpaired) electrons. The molecule has 172 valence electrons. The molecule has 32 heavy (non-hydrogen) atoms. The topological polar surface area (TPSA) is 108 Å². The van der Waals surface area contributed by atoms with Crippen molar-refractivity contribution < 1.29 is 14.7 Å². The van der Waals surface area contributed by atoms with Crippen LogP contribution in [0.1, 0.15) is 46.3 Å². The van der Waals surface area contributed by atoms with Gasteiger partial charge in [-0.2, -0.15) is 0 Å². The Labute approximate surface area is 191 Å². The van der Waals surface area contributed by atoms with Crippen LogP contribution in [0.5, 0.6) is 5.75 Å². The van der Waals surface area contributed by atoms with E-state index in [1.807, 2.05) is 19.1 Å². The van der Waals surface area contributed by atoms with Crippen molar-refractivity contribution in [2.24, 2.45) is 0 Å². The van der Waals surface area contributed by atoms with Crippen LogP contribution in [0.3, 0.4) is 0 Å². The van der Waals surface area contributed by atoms with Crippen molar-refractivity contribution >= 4 is 23.4 Å². The molecule has 9 nitrogen and oxygen atoms in total. The SMILES string of the molecule is Cc1ccc(CNC(=O)c2nc3n(c(=O)c2O)CCCC3N(C)C(=O)CN(C)C)cc1Cl. The summed E-state index contributed by atoms with van der Waals surface area (Å²) in [5.41, 5.74) is 0.661. The Hall–Kier alpha value is -2.91. The molecule has 1 aliphatic rings.